The van der Waals surface area contributed by atoms with Crippen molar-refractivity contribution in [2.75, 3.05) is 30.4 Å². The van der Waals surface area contributed by atoms with E-state index in [1.807, 2.05) is 6.92 Å². The SMILES string of the molecule is CNc1cc(F)c2c3c1[nH]c1nc(Oc4cnc(C)nc4)nc(c13)N1C[C@H]3NCCC3[C@@H]1C2. The van der Waals surface area contributed by atoms with Gasteiger partial charge in [0, 0.05) is 36.6 Å². The second kappa shape index (κ2) is 6.74. The second-order valence-electron chi connectivity index (χ2n) is 9.07. The third-order valence-corrected chi connectivity index (χ3v) is 7.35. The van der Waals surface area contributed by atoms with Gasteiger partial charge in [-0.25, -0.2) is 14.4 Å². The molecule has 0 spiro atoms. The number of nitrogens with one attached hydrogen (secondary N) is 3. The Morgan fingerprint density at radius 3 is 2.88 bits per heavy atom. The Labute approximate surface area is 188 Å². The van der Waals surface area contributed by atoms with Crippen LogP contribution in [0.5, 0.6) is 11.8 Å². The summed E-state index contributed by atoms with van der Waals surface area (Å²) < 4.78 is 21.4. The van der Waals surface area contributed by atoms with Crippen molar-refractivity contribution in [3.8, 4) is 11.8 Å². The lowest BCUT2D eigenvalue weighted by Gasteiger charge is -2.28. The molecule has 168 valence electrons. The largest absolute Gasteiger partial charge is 0.421 e. The Morgan fingerprint density at radius 1 is 1.21 bits per heavy atom. The zero-order valence-corrected chi connectivity index (χ0v) is 18.3. The van der Waals surface area contributed by atoms with Gasteiger partial charge in [0.2, 0.25) is 0 Å². The molecule has 2 saturated heterocycles. The predicted octanol–water partition coefficient (Wildman–Crippen LogP) is 2.91. The molecule has 2 fully saturated rings. The second-order valence-corrected chi connectivity index (χ2v) is 9.07. The molecule has 7 rings (SSSR count). The monoisotopic (exact) mass is 446 g/mol. The van der Waals surface area contributed by atoms with Crippen LogP contribution in [0.1, 0.15) is 17.8 Å². The summed E-state index contributed by atoms with van der Waals surface area (Å²) in [5.74, 6) is 2.19. The molecule has 33 heavy (non-hydrogen) atoms. The van der Waals surface area contributed by atoms with E-state index in [-0.39, 0.29) is 17.9 Å². The lowest BCUT2D eigenvalue weighted by atomic mass is 9.90. The molecule has 0 radical (unpaired) electrons. The van der Waals surface area contributed by atoms with Crippen LogP contribution in [0.15, 0.2) is 18.5 Å². The van der Waals surface area contributed by atoms with Gasteiger partial charge in [-0.2, -0.15) is 9.97 Å². The third-order valence-electron chi connectivity index (χ3n) is 7.35. The third kappa shape index (κ3) is 2.67. The number of ether oxygens (including phenoxy) is 1. The summed E-state index contributed by atoms with van der Waals surface area (Å²) in [7, 11) is 1.80. The number of rotatable bonds is 3. The van der Waals surface area contributed by atoms with E-state index in [2.05, 4.69) is 35.5 Å². The van der Waals surface area contributed by atoms with Gasteiger partial charge >= 0.3 is 6.01 Å². The highest BCUT2D eigenvalue weighted by atomic mass is 19.1. The number of anilines is 2. The molecule has 3 N–H and O–H groups in total. The summed E-state index contributed by atoms with van der Waals surface area (Å²) in [5.41, 5.74) is 2.91. The highest BCUT2D eigenvalue weighted by Gasteiger charge is 2.47. The molecule has 3 aromatic heterocycles. The van der Waals surface area contributed by atoms with Crippen LogP contribution in [-0.4, -0.2) is 57.1 Å². The van der Waals surface area contributed by atoms with E-state index in [4.69, 9.17) is 9.72 Å². The van der Waals surface area contributed by atoms with Crippen molar-refractivity contribution in [3.63, 3.8) is 0 Å². The van der Waals surface area contributed by atoms with Gasteiger partial charge < -0.3 is 25.3 Å². The minimum atomic E-state index is -0.188. The lowest BCUT2D eigenvalue weighted by molar-refractivity contribution is 0.436. The molecule has 0 saturated carbocycles. The zero-order valence-electron chi connectivity index (χ0n) is 18.3. The van der Waals surface area contributed by atoms with Gasteiger partial charge in [0.15, 0.2) is 5.75 Å². The van der Waals surface area contributed by atoms with Crippen LogP contribution in [-0.2, 0) is 6.42 Å². The van der Waals surface area contributed by atoms with Crippen LogP contribution < -0.4 is 20.3 Å². The van der Waals surface area contributed by atoms with E-state index in [1.165, 1.54) is 0 Å². The molecular formula is C23H23FN8O. The fourth-order valence-electron chi connectivity index (χ4n) is 5.89. The number of halogens is 1. The van der Waals surface area contributed by atoms with Crippen LogP contribution in [0.25, 0.3) is 21.9 Å². The summed E-state index contributed by atoms with van der Waals surface area (Å²) in [6.07, 6.45) is 4.94. The Morgan fingerprint density at radius 2 is 2.06 bits per heavy atom. The van der Waals surface area contributed by atoms with Gasteiger partial charge in [-0.15, -0.1) is 0 Å². The summed E-state index contributed by atoms with van der Waals surface area (Å²) >= 11 is 0. The van der Waals surface area contributed by atoms with Crippen LogP contribution in [0.2, 0.25) is 0 Å². The van der Waals surface area contributed by atoms with Crippen LogP contribution in [0, 0.1) is 18.7 Å². The fraction of sp³-hybridized carbons (Fsp3) is 0.391. The molecule has 0 aliphatic carbocycles. The molecule has 10 heteroatoms. The van der Waals surface area contributed by atoms with Gasteiger partial charge in [-0.3, -0.25) is 0 Å². The summed E-state index contributed by atoms with van der Waals surface area (Å²) in [6.45, 7) is 3.65. The van der Waals surface area contributed by atoms with Gasteiger partial charge in [-0.1, -0.05) is 0 Å². The van der Waals surface area contributed by atoms with E-state index < -0.39 is 0 Å². The van der Waals surface area contributed by atoms with E-state index in [1.54, 1.807) is 25.5 Å². The first-order chi connectivity index (χ1) is 16.1. The van der Waals surface area contributed by atoms with Crippen molar-refractivity contribution < 1.29 is 9.13 Å². The number of hydrogen-bond acceptors (Lipinski definition) is 8. The Bertz CT molecular complexity index is 1420. The summed E-state index contributed by atoms with van der Waals surface area (Å²) in [5, 5.41) is 8.46. The average molecular weight is 446 g/mol. The summed E-state index contributed by atoms with van der Waals surface area (Å²) in [4.78, 5) is 23.7. The number of aryl methyl sites for hydroxylation is 1. The molecule has 4 aromatic rings. The van der Waals surface area contributed by atoms with Gasteiger partial charge in [0.05, 0.1) is 29.0 Å². The van der Waals surface area contributed by atoms with Crippen molar-refractivity contribution in [2.45, 2.75) is 31.8 Å². The van der Waals surface area contributed by atoms with Gasteiger partial charge in [0.1, 0.15) is 23.1 Å². The molecule has 3 aliphatic heterocycles. The maximum Gasteiger partial charge on any atom is 0.326 e. The molecule has 1 aromatic carbocycles. The lowest BCUT2D eigenvalue weighted by Crippen LogP contribution is -2.35. The van der Waals surface area contributed by atoms with Crippen molar-refractivity contribution >= 4 is 33.4 Å². The first-order valence-corrected chi connectivity index (χ1v) is 11.3. The van der Waals surface area contributed by atoms with Crippen LogP contribution in [0.4, 0.5) is 15.9 Å². The normalized spacial score (nSPS) is 23.2. The summed E-state index contributed by atoms with van der Waals surface area (Å²) in [6, 6.07) is 2.35. The van der Waals surface area contributed by atoms with Gasteiger partial charge in [-0.05, 0) is 38.3 Å². The van der Waals surface area contributed by atoms with E-state index in [0.717, 1.165) is 47.2 Å². The minimum Gasteiger partial charge on any atom is -0.421 e. The van der Waals surface area contributed by atoms with E-state index in [0.29, 0.717) is 41.3 Å². The van der Waals surface area contributed by atoms with E-state index in [9.17, 15) is 0 Å². The van der Waals surface area contributed by atoms with Crippen molar-refractivity contribution in [3.05, 3.63) is 35.7 Å². The van der Waals surface area contributed by atoms with Crippen molar-refractivity contribution in [1.82, 2.24) is 30.2 Å². The number of aromatic nitrogens is 5. The number of aromatic amines is 1. The topological polar surface area (TPSA) is 104 Å². The quantitative estimate of drug-likeness (QED) is 0.441. The number of H-pyrrole nitrogens is 1. The fourth-order valence-corrected chi connectivity index (χ4v) is 5.89. The predicted molar refractivity (Wildman–Crippen MR) is 122 cm³/mol. The Balaban J connectivity index is 1.48. The number of fused-ring (bicyclic) bond motifs is 4. The standard InChI is InChI=1S/C23H23FN8O/c1-10-27-7-11(8-28-10)33-23-30-21-19-18-13(14(24)6-15(25-2)20(18)29-21)5-17-12-3-4-26-16(12)9-32(17)22(19)31-23/h6-8,12,16-17,25-26H,3-5,9H2,1-2H3,(H,29,30,31)/t12?,16-,17+/m1/s1. The molecular weight excluding hydrogens is 423 g/mol. The number of nitrogens with zero attached hydrogens (tertiary/aromatic N) is 5. The van der Waals surface area contributed by atoms with Crippen LogP contribution >= 0.6 is 0 Å². The van der Waals surface area contributed by atoms with Crippen molar-refractivity contribution in [2.24, 2.45) is 5.92 Å². The first-order valence-electron chi connectivity index (χ1n) is 11.3. The molecule has 3 aliphatic rings. The Kier molecular flexibility index (Phi) is 3.88. The minimum absolute atomic E-state index is 0.171. The van der Waals surface area contributed by atoms with Crippen LogP contribution in [0.3, 0.4) is 0 Å². The average Bonchev–Trinajstić information content (AvgIpc) is 3.48. The molecule has 1 unspecified atom stereocenters. The smallest absolute Gasteiger partial charge is 0.326 e. The molecule has 0 amide bonds. The first kappa shape index (κ1) is 19.0. The highest BCUT2D eigenvalue weighted by Crippen LogP contribution is 2.47. The maximum atomic E-state index is 15.4. The molecule has 3 atom stereocenters. The van der Waals surface area contributed by atoms with Gasteiger partial charge in [0.25, 0.3) is 0 Å². The zero-order chi connectivity index (χ0) is 22.3. The molecule has 6 heterocycles. The molecule has 9 nitrogen and oxygen atoms in total. The number of hydrogen-bond donors (Lipinski definition) is 3. The van der Waals surface area contributed by atoms with Crippen molar-refractivity contribution in [1.29, 1.82) is 0 Å². The number of benzene rings is 1. The highest BCUT2D eigenvalue weighted by molar-refractivity contribution is 6.16. The van der Waals surface area contributed by atoms with E-state index >= 15 is 4.39 Å². The Hall–Kier alpha value is -3.53. The maximum absolute atomic E-state index is 15.4. The molecule has 0 bridgehead atoms.